The standard InChI is InChI=1S/C20H22FNO2/c1-22(19(14-15-23)17-7-3-2-4-8-17)20(24)9-5-6-16-10-12-18(21)13-11-16/h2-8,10-13,19,23H,9,14-15H2,1H3/b6-5+. The molecule has 1 atom stereocenters. The highest BCUT2D eigenvalue weighted by Gasteiger charge is 2.20. The molecule has 0 saturated heterocycles. The molecule has 3 nitrogen and oxygen atoms in total. The second kappa shape index (κ2) is 8.99. The Labute approximate surface area is 142 Å². The highest BCUT2D eigenvalue weighted by Crippen LogP contribution is 2.23. The van der Waals surface area contributed by atoms with Crippen molar-refractivity contribution in [2.75, 3.05) is 13.7 Å². The summed E-state index contributed by atoms with van der Waals surface area (Å²) in [5, 5.41) is 9.29. The van der Waals surface area contributed by atoms with Crippen LogP contribution in [0.25, 0.3) is 6.08 Å². The summed E-state index contributed by atoms with van der Waals surface area (Å²) in [6.07, 6.45) is 4.32. The Hall–Kier alpha value is -2.46. The van der Waals surface area contributed by atoms with Crippen LogP contribution in [0.5, 0.6) is 0 Å². The van der Waals surface area contributed by atoms with Crippen molar-refractivity contribution >= 4 is 12.0 Å². The fourth-order valence-electron chi connectivity index (χ4n) is 2.57. The highest BCUT2D eigenvalue weighted by molar-refractivity contribution is 5.79. The van der Waals surface area contributed by atoms with Crippen LogP contribution in [0.3, 0.4) is 0 Å². The first kappa shape index (κ1) is 17.9. The summed E-state index contributed by atoms with van der Waals surface area (Å²) in [7, 11) is 1.75. The van der Waals surface area contributed by atoms with E-state index in [1.165, 1.54) is 12.1 Å². The zero-order chi connectivity index (χ0) is 17.4. The monoisotopic (exact) mass is 327 g/mol. The summed E-state index contributed by atoms with van der Waals surface area (Å²) < 4.78 is 12.9. The Kier molecular flexibility index (Phi) is 6.70. The van der Waals surface area contributed by atoms with Crippen LogP contribution < -0.4 is 0 Å². The van der Waals surface area contributed by atoms with Crippen molar-refractivity contribution in [1.82, 2.24) is 4.90 Å². The molecule has 0 aliphatic carbocycles. The number of halogens is 1. The molecular weight excluding hydrogens is 305 g/mol. The van der Waals surface area contributed by atoms with Gasteiger partial charge in [0, 0.05) is 20.1 Å². The maximum atomic E-state index is 12.9. The van der Waals surface area contributed by atoms with Gasteiger partial charge in [0.05, 0.1) is 6.04 Å². The van der Waals surface area contributed by atoms with Gasteiger partial charge in [-0.25, -0.2) is 4.39 Å². The minimum atomic E-state index is -0.280. The second-order valence-electron chi connectivity index (χ2n) is 5.60. The molecule has 1 amide bonds. The van der Waals surface area contributed by atoms with Crippen LogP contribution in [0.2, 0.25) is 0 Å². The fourth-order valence-corrected chi connectivity index (χ4v) is 2.57. The van der Waals surface area contributed by atoms with E-state index >= 15 is 0 Å². The summed E-state index contributed by atoms with van der Waals surface area (Å²) in [4.78, 5) is 14.1. The SMILES string of the molecule is CN(C(=O)C/C=C/c1ccc(F)cc1)C(CCO)c1ccccc1. The van der Waals surface area contributed by atoms with E-state index in [9.17, 15) is 14.3 Å². The number of carbonyl (C=O) groups excluding carboxylic acids is 1. The molecule has 0 aromatic heterocycles. The van der Waals surface area contributed by atoms with Gasteiger partial charge >= 0.3 is 0 Å². The van der Waals surface area contributed by atoms with Crippen molar-refractivity contribution in [3.8, 4) is 0 Å². The molecule has 1 N–H and O–H groups in total. The van der Waals surface area contributed by atoms with Crippen molar-refractivity contribution in [3.63, 3.8) is 0 Å². The molecule has 0 saturated carbocycles. The zero-order valence-electron chi connectivity index (χ0n) is 13.7. The van der Waals surface area contributed by atoms with Gasteiger partial charge < -0.3 is 10.0 Å². The smallest absolute Gasteiger partial charge is 0.226 e. The fraction of sp³-hybridized carbons (Fsp3) is 0.250. The lowest BCUT2D eigenvalue weighted by molar-refractivity contribution is -0.131. The van der Waals surface area contributed by atoms with Gasteiger partial charge in [0.15, 0.2) is 0 Å². The largest absolute Gasteiger partial charge is 0.396 e. The molecule has 126 valence electrons. The first-order chi connectivity index (χ1) is 11.6. The van der Waals surface area contributed by atoms with E-state index in [0.29, 0.717) is 6.42 Å². The van der Waals surface area contributed by atoms with Gasteiger partial charge in [-0.15, -0.1) is 0 Å². The van der Waals surface area contributed by atoms with Crippen LogP contribution in [0.1, 0.15) is 30.0 Å². The zero-order valence-corrected chi connectivity index (χ0v) is 13.7. The van der Waals surface area contributed by atoms with E-state index in [1.54, 1.807) is 36.2 Å². The van der Waals surface area contributed by atoms with Crippen molar-refractivity contribution < 1.29 is 14.3 Å². The number of hydrogen-bond donors (Lipinski definition) is 1. The lowest BCUT2D eigenvalue weighted by Crippen LogP contribution is -2.31. The van der Waals surface area contributed by atoms with Crippen LogP contribution in [-0.2, 0) is 4.79 Å². The number of aliphatic hydroxyl groups excluding tert-OH is 1. The maximum absolute atomic E-state index is 12.9. The summed E-state index contributed by atoms with van der Waals surface area (Å²) in [6, 6.07) is 15.6. The Bertz CT molecular complexity index is 668. The molecule has 0 bridgehead atoms. The van der Waals surface area contributed by atoms with Gasteiger partial charge in [-0.05, 0) is 29.7 Å². The number of hydrogen-bond acceptors (Lipinski definition) is 2. The molecule has 24 heavy (non-hydrogen) atoms. The van der Waals surface area contributed by atoms with Crippen molar-refractivity contribution in [3.05, 3.63) is 77.6 Å². The van der Waals surface area contributed by atoms with E-state index < -0.39 is 0 Å². The minimum Gasteiger partial charge on any atom is -0.396 e. The Morgan fingerprint density at radius 1 is 1.17 bits per heavy atom. The molecule has 1 unspecified atom stereocenters. The molecule has 0 aliphatic rings. The summed E-state index contributed by atoms with van der Waals surface area (Å²) in [5.41, 5.74) is 1.85. The van der Waals surface area contributed by atoms with Crippen LogP contribution in [0, 0.1) is 5.82 Å². The van der Waals surface area contributed by atoms with E-state index in [0.717, 1.165) is 11.1 Å². The molecule has 2 rings (SSSR count). The highest BCUT2D eigenvalue weighted by atomic mass is 19.1. The molecule has 2 aromatic carbocycles. The van der Waals surface area contributed by atoms with Gasteiger partial charge in [0.25, 0.3) is 0 Å². The predicted molar refractivity (Wildman–Crippen MR) is 93.7 cm³/mol. The number of carbonyl (C=O) groups is 1. The van der Waals surface area contributed by atoms with E-state index in [4.69, 9.17) is 0 Å². The normalized spacial score (nSPS) is 12.3. The van der Waals surface area contributed by atoms with Crippen LogP contribution >= 0.6 is 0 Å². The van der Waals surface area contributed by atoms with Crippen LogP contribution in [0.15, 0.2) is 60.7 Å². The summed E-state index contributed by atoms with van der Waals surface area (Å²) in [6.45, 7) is 0.0165. The Morgan fingerprint density at radius 2 is 1.83 bits per heavy atom. The predicted octanol–water partition coefficient (Wildman–Crippen LogP) is 3.81. The first-order valence-corrected chi connectivity index (χ1v) is 7.95. The third kappa shape index (κ3) is 5.03. The minimum absolute atomic E-state index is 0.0165. The van der Waals surface area contributed by atoms with Gasteiger partial charge in [-0.3, -0.25) is 4.79 Å². The molecule has 0 radical (unpaired) electrons. The Morgan fingerprint density at radius 3 is 2.46 bits per heavy atom. The molecule has 0 heterocycles. The number of aliphatic hydroxyl groups is 1. The second-order valence-corrected chi connectivity index (χ2v) is 5.60. The summed E-state index contributed by atoms with van der Waals surface area (Å²) in [5.74, 6) is -0.312. The van der Waals surface area contributed by atoms with E-state index in [2.05, 4.69) is 0 Å². The van der Waals surface area contributed by atoms with Gasteiger partial charge in [0.1, 0.15) is 5.82 Å². The Balaban J connectivity index is 2.00. The maximum Gasteiger partial charge on any atom is 0.226 e. The number of nitrogens with zero attached hydrogens (tertiary/aromatic N) is 1. The van der Waals surface area contributed by atoms with Gasteiger partial charge in [0.2, 0.25) is 5.91 Å². The lowest BCUT2D eigenvalue weighted by atomic mass is 10.0. The van der Waals surface area contributed by atoms with E-state index in [1.807, 2.05) is 30.3 Å². The van der Waals surface area contributed by atoms with Crippen LogP contribution in [0.4, 0.5) is 4.39 Å². The molecule has 0 spiro atoms. The number of benzene rings is 2. The van der Waals surface area contributed by atoms with Crippen molar-refractivity contribution in [2.45, 2.75) is 18.9 Å². The molecular formula is C20H22FNO2. The van der Waals surface area contributed by atoms with Gasteiger partial charge in [-0.1, -0.05) is 54.6 Å². The quantitative estimate of drug-likeness (QED) is 0.840. The molecule has 2 aromatic rings. The van der Waals surface area contributed by atoms with Gasteiger partial charge in [-0.2, -0.15) is 0 Å². The number of rotatable bonds is 7. The molecule has 0 fully saturated rings. The third-order valence-electron chi connectivity index (χ3n) is 3.92. The lowest BCUT2D eigenvalue weighted by Gasteiger charge is -2.28. The van der Waals surface area contributed by atoms with E-state index in [-0.39, 0.29) is 30.8 Å². The first-order valence-electron chi connectivity index (χ1n) is 7.95. The number of amides is 1. The average Bonchev–Trinajstić information content (AvgIpc) is 2.61. The van der Waals surface area contributed by atoms with Crippen molar-refractivity contribution in [1.29, 1.82) is 0 Å². The average molecular weight is 327 g/mol. The third-order valence-corrected chi connectivity index (χ3v) is 3.92. The topological polar surface area (TPSA) is 40.5 Å². The molecule has 0 aliphatic heterocycles. The molecule has 4 heteroatoms. The van der Waals surface area contributed by atoms with Crippen LogP contribution in [-0.4, -0.2) is 29.6 Å². The van der Waals surface area contributed by atoms with Crippen molar-refractivity contribution in [2.24, 2.45) is 0 Å². The summed E-state index contributed by atoms with van der Waals surface area (Å²) >= 11 is 0.